The van der Waals surface area contributed by atoms with E-state index < -0.39 is 6.35 Å². The normalized spacial score (nSPS) is 23.7. The molecule has 4 atom stereocenters. The maximum absolute atomic E-state index is 12.3. The molecule has 8 nitrogen and oxygen atoms in total. The van der Waals surface area contributed by atoms with Crippen LogP contribution in [0.15, 0.2) is 24.3 Å². The highest BCUT2D eigenvalue weighted by atomic mass is 32.2. The summed E-state index contributed by atoms with van der Waals surface area (Å²) in [6.07, 6.45) is 4.46. The largest absolute Gasteiger partial charge is 0.368 e. The van der Waals surface area contributed by atoms with Crippen LogP contribution in [0.5, 0.6) is 0 Å². The fraction of sp³-hybridized carbons (Fsp3) is 0.560. The average Bonchev–Trinajstić information content (AvgIpc) is 3.33. The maximum Gasteiger partial charge on any atom is 0.220 e. The molecule has 0 saturated carbocycles. The summed E-state index contributed by atoms with van der Waals surface area (Å²) in [6, 6.07) is 9.01. The van der Waals surface area contributed by atoms with Gasteiger partial charge in [0.2, 0.25) is 11.9 Å². The van der Waals surface area contributed by atoms with Crippen molar-refractivity contribution < 1.29 is 9.90 Å². The number of anilines is 1. The molecule has 1 aromatic carbocycles. The Bertz CT molecular complexity index is 1000. The molecule has 0 spiro atoms. The van der Waals surface area contributed by atoms with Crippen LogP contribution in [0.25, 0.3) is 11.1 Å². The summed E-state index contributed by atoms with van der Waals surface area (Å²) in [5, 5.41) is 19.6. The van der Waals surface area contributed by atoms with Crippen LogP contribution in [0.2, 0.25) is 0 Å². The standard InChI is InChI=1S/C25H36N6O2S/c1-15-7-5-8-17(13-15)22-16(2)28-24(26)29-18(22)9-6-12-27-21(32)11-4-3-10-20-23-19(14-34-20)30-25(33)31-23/h5,7-8,13,19-20,23,25,30-31,33H,3-4,6,9-12,14H2,1-2H3,(H,27,32)(H2,26,28,29). The lowest BCUT2D eigenvalue weighted by atomic mass is 9.98. The van der Waals surface area contributed by atoms with Gasteiger partial charge in [-0.25, -0.2) is 9.97 Å². The number of aromatic nitrogens is 2. The first kappa shape index (κ1) is 24.9. The van der Waals surface area contributed by atoms with Crippen molar-refractivity contribution in [1.82, 2.24) is 25.9 Å². The fourth-order valence-electron chi connectivity index (χ4n) is 4.98. The van der Waals surface area contributed by atoms with Crippen LogP contribution in [0.3, 0.4) is 0 Å². The number of benzene rings is 1. The molecular formula is C25H36N6O2S. The van der Waals surface area contributed by atoms with Gasteiger partial charge in [-0.2, -0.15) is 11.8 Å². The third kappa shape index (κ3) is 6.27. The van der Waals surface area contributed by atoms with Crippen LogP contribution in [0.4, 0.5) is 5.95 Å². The van der Waals surface area contributed by atoms with E-state index in [-0.39, 0.29) is 11.9 Å². The second-order valence-corrected chi connectivity index (χ2v) is 10.6. The van der Waals surface area contributed by atoms with Crippen LogP contribution in [0.1, 0.15) is 49.1 Å². The SMILES string of the molecule is Cc1cccc(-c2c(C)nc(N)nc2CCCNC(=O)CCCCC2SCC3NC(O)NC32)c1. The number of nitrogen functional groups attached to an aromatic ring is 1. The molecule has 6 N–H and O–H groups in total. The molecule has 2 aliphatic heterocycles. The highest BCUT2D eigenvalue weighted by molar-refractivity contribution is 8.00. The van der Waals surface area contributed by atoms with Crippen molar-refractivity contribution in [2.75, 3.05) is 18.0 Å². The van der Waals surface area contributed by atoms with Gasteiger partial charge in [0.1, 0.15) is 0 Å². The molecule has 0 aliphatic carbocycles. The molecule has 1 amide bonds. The lowest BCUT2D eigenvalue weighted by Crippen LogP contribution is -2.38. The number of carbonyl (C=O) groups excluding carboxylic acids is 1. The first-order valence-corrected chi connectivity index (χ1v) is 13.2. The van der Waals surface area contributed by atoms with Crippen molar-refractivity contribution in [3.63, 3.8) is 0 Å². The number of fused-ring (bicyclic) bond motifs is 1. The Morgan fingerprint density at radius 2 is 2.09 bits per heavy atom. The molecular weight excluding hydrogens is 448 g/mol. The minimum atomic E-state index is -0.584. The molecule has 184 valence electrons. The number of hydrogen-bond acceptors (Lipinski definition) is 8. The molecule has 0 bridgehead atoms. The monoisotopic (exact) mass is 484 g/mol. The topological polar surface area (TPSA) is 125 Å². The summed E-state index contributed by atoms with van der Waals surface area (Å²) in [6.45, 7) is 4.65. The number of aliphatic hydroxyl groups is 1. The van der Waals surface area contributed by atoms with E-state index in [2.05, 4.69) is 51.0 Å². The number of aryl methyl sites for hydroxylation is 3. The average molecular weight is 485 g/mol. The first-order chi connectivity index (χ1) is 16.4. The summed E-state index contributed by atoms with van der Waals surface area (Å²) < 4.78 is 0. The molecule has 2 fully saturated rings. The summed E-state index contributed by atoms with van der Waals surface area (Å²) in [7, 11) is 0. The van der Waals surface area contributed by atoms with Gasteiger partial charge in [0, 0.05) is 41.6 Å². The summed E-state index contributed by atoms with van der Waals surface area (Å²) >= 11 is 1.96. The van der Waals surface area contributed by atoms with Gasteiger partial charge in [-0.1, -0.05) is 36.2 Å². The molecule has 34 heavy (non-hydrogen) atoms. The predicted molar refractivity (Wildman–Crippen MR) is 137 cm³/mol. The Hall–Kier alpha value is -2.20. The van der Waals surface area contributed by atoms with Crippen molar-refractivity contribution in [3.8, 4) is 11.1 Å². The smallest absolute Gasteiger partial charge is 0.220 e. The Morgan fingerprint density at radius 1 is 1.24 bits per heavy atom. The van der Waals surface area contributed by atoms with E-state index in [4.69, 9.17) is 5.73 Å². The number of aliphatic hydroxyl groups excluding tert-OH is 1. The molecule has 9 heteroatoms. The predicted octanol–water partition coefficient (Wildman–Crippen LogP) is 2.27. The zero-order valence-electron chi connectivity index (χ0n) is 20.0. The highest BCUT2D eigenvalue weighted by Gasteiger charge is 2.42. The molecule has 2 aliphatic rings. The van der Waals surface area contributed by atoms with E-state index in [1.165, 1.54) is 5.56 Å². The quantitative estimate of drug-likeness (QED) is 0.325. The summed E-state index contributed by atoms with van der Waals surface area (Å²) in [5.74, 6) is 1.42. The molecule has 3 heterocycles. The van der Waals surface area contributed by atoms with Crippen LogP contribution in [-0.2, 0) is 11.2 Å². The Kier molecular flexibility index (Phi) is 8.41. The van der Waals surface area contributed by atoms with Crippen molar-refractivity contribution >= 4 is 23.6 Å². The number of nitrogens with zero attached hydrogens (tertiary/aromatic N) is 2. The number of unbranched alkanes of at least 4 members (excludes halogenated alkanes) is 1. The molecule has 2 saturated heterocycles. The number of amides is 1. The Morgan fingerprint density at radius 3 is 2.91 bits per heavy atom. The van der Waals surface area contributed by atoms with Gasteiger partial charge in [0.25, 0.3) is 0 Å². The molecule has 2 aromatic rings. The minimum absolute atomic E-state index is 0.102. The van der Waals surface area contributed by atoms with E-state index in [0.717, 1.165) is 60.4 Å². The molecule has 0 radical (unpaired) electrons. The second-order valence-electron chi connectivity index (χ2n) is 9.30. The van der Waals surface area contributed by atoms with Gasteiger partial charge in [0.05, 0.1) is 11.4 Å². The minimum Gasteiger partial charge on any atom is -0.368 e. The fourth-order valence-corrected chi connectivity index (χ4v) is 6.55. The lowest BCUT2D eigenvalue weighted by molar-refractivity contribution is -0.121. The summed E-state index contributed by atoms with van der Waals surface area (Å²) in [4.78, 5) is 21.2. The number of nitrogens with two attached hydrogens (primary N) is 1. The number of hydrogen-bond donors (Lipinski definition) is 5. The van der Waals surface area contributed by atoms with E-state index in [1.54, 1.807) is 0 Å². The number of thioether (sulfide) groups is 1. The van der Waals surface area contributed by atoms with Gasteiger partial charge < -0.3 is 16.2 Å². The van der Waals surface area contributed by atoms with Gasteiger partial charge in [-0.15, -0.1) is 0 Å². The zero-order valence-corrected chi connectivity index (χ0v) is 20.8. The van der Waals surface area contributed by atoms with Gasteiger partial charge >= 0.3 is 0 Å². The number of rotatable bonds is 10. The second kappa shape index (κ2) is 11.5. The lowest BCUT2D eigenvalue weighted by Gasteiger charge is -2.17. The molecule has 1 aromatic heterocycles. The van der Waals surface area contributed by atoms with Gasteiger partial charge in [0.15, 0.2) is 6.35 Å². The van der Waals surface area contributed by atoms with Crippen LogP contribution in [-0.4, -0.2) is 57.0 Å². The Labute approximate surface area is 205 Å². The third-order valence-electron chi connectivity index (χ3n) is 6.59. The maximum atomic E-state index is 12.3. The highest BCUT2D eigenvalue weighted by Crippen LogP contribution is 2.33. The van der Waals surface area contributed by atoms with Crippen LogP contribution < -0.4 is 21.7 Å². The summed E-state index contributed by atoms with van der Waals surface area (Å²) in [5.41, 5.74) is 11.1. The van der Waals surface area contributed by atoms with Gasteiger partial charge in [-0.05, 0) is 45.1 Å². The van der Waals surface area contributed by atoms with Crippen LogP contribution in [0, 0.1) is 13.8 Å². The van der Waals surface area contributed by atoms with Crippen molar-refractivity contribution in [2.24, 2.45) is 0 Å². The molecule has 4 rings (SSSR count). The zero-order chi connectivity index (χ0) is 24.1. The van der Waals surface area contributed by atoms with Crippen molar-refractivity contribution in [1.29, 1.82) is 0 Å². The Balaban J connectivity index is 1.18. The van der Waals surface area contributed by atoms with E-state index in [1.807, 2.05) is 24.8 Å². The number of nitrogens with one attached hydrogen (secondary N) is 3. The first-order valence-electron chi connectivity index (χ1n) is 12.2. The van der Waals surface area contributed by atoms with Crippen LogP contribution >= 0.6 is 11.8 Å². The van der Waals surface area contributed by atoms with Gasteiger partial charge in [-0.3, -0.25) is 15.4 Å². The van der Waals surface area contributed by atoms with E-state index in [9.17, 15) is 9.90 Å². The van der Waals surface area contributed by atoms with E-state index >= 15 is 0 Å². The van der Waals surface area contributed by atoms with Crippen molar-refractivity contribution in [3.05, 3.63) is 41.2 Å². The third-order valence-corrected chi connectivity index (χ3v) is 8.10. The molecule has 4 unspecified atom stereocenters. The number of carbonyl (C=O) groups is 1. The van der Waals surface area contributed by atoms with E-state index in [0.29, 0.717) is 30.3 Å². The van der Waals surface area contributed by atoms with Crippen molar-refractivity contribution in [2.45, 2.75) is 76.1 Å².